The van der Waals surface area contributed by atoms with Gasteiger partial charge in [-0.3, -0.25) is 4.68 Å². The van der Waals surface area contributed by atoms with E-state index in [1.807, 2.05) is 7.05 Å². The average molecular weight is 262 g/mol. The van der Waals surface area contributed by atoms with Gasteiger partial charge in [-0.2, -0.15) is 5.10 Å². The number of aromatic nitrogens is 2. The molecule has 1 aliphatic heterocycles. The number of hydrogen-bond donors (Lipinski definition) is 1. The molecule has 1 aromatic heterocycles. The van der Waals surface area contributed by atoms with Crippen molar-refractivity contribution in [3.8, 4) is 0 Å². The molecular formula is C15H26N4. The number of nitrogens with one attached hydrogen (secondary N) is 1. The maximum atomic E-state index is 4.65. The van der Waals surface area contributed by atoms with Gasteiger partial charge in [0.1, 0.15) is 5.82 Å². The van der Waals surface area contributed by atoms with Gasteiger partial charge in [0.05, 0.1) is 5.69 Å². The van der Waals surface area contributed by atoms with Gasteiger partial charge in [0, 0.05) is 31.7 Å². The van der Waals surface area contributed by atoms with E-state index < -0.39 is 0 Å². The summed E-state index contributed by atoms with van der Waals surface area (Å²) < 4.78 is 2.10. The fourth-order valence-electron chi connectivity index (χ4n) is 4.10. The van der Waals surface area contributed by atoms with Crippen LogP contribution in [0.2, 0.25) is 0 Å². The summed E-state index contributed by atoms with van der Waals surface area (Å²) in [7, 11) is 4.11. The topological polar surface area (TPSA) is 33.1 Å². The summed E-state index contributed by atoms with van der Waals surface area (Å²) in [4.78, 5) is 2.65. The van der Waals surface area contributed by atoms with Crippen molar-refractivity contribution in [2.45, 2.75) is 51.6 Å². The monoisotopic (exact) mass is 262 g/mol. The molecule has 0 bridgehead atoms. The number of nitrogens with zero attached hydrogens (tertiary/aromatic N) is 3. The first kappa shape index (κ1) is 13.0. The Balaban J connectivity index is 1.93. The Morgan fingerprint density at radius 3 is 2.84 bits per heavy atom. The lowest BCUT2D eigenvalue weighted by Gasteiger charge is -2.33. The molecule has 0 amide bonds. The predicted octanol–water partition coefficient (Wildman–Crippen LogP) is 2.22. The van der Waals surface area contributed by atoms with Crippen LogP contribution in [-0.4, -0.2) is 29.4 Å². The molecule has 1 saturated heterocycles. The molecule has 0 radical (unpaired) electrons. The third kappa shape index (κ3) is 2.16. The molecule has 2 heterocycles. The first-order valence-electron chi connectivity index (χ1n) is 7.66. The largest absolute Gasteiger partial charge is 0.353 e. The molecule has 1 saturated carbocycles. The minimum Gasteiger partial charge on any atom is -0.353 e. The molecule has 0 aromatic carbocycles. The zero-order valence-corrected chi connectivity index (χ0v) is 12.4. The van der Waals surface area contributed by atoms with Crippen LogP contribution in [0.4, 0.5) is 5.82 Å². The number of anilines is 1. The Hall–Kier alpha value is -1.03. The van der Waals surface area contributed by atoms with Gasteiger partial charge in [-0.15, -0.1) is 0 Å². The molecular weight excluding hydrogens is 236 g/mol. The standard InChI is InChI=1S/C15H26N4/c1-11-13(10-16-2)15(18(3)17-11)19-9-8-12-6-4-5-7-14(12)19/h12,14,16H,4-10H2,1-3H3. The molecule has 2 aliphatic rings. The summed E-state index contributed by atoms with van der Waals surface area (Å²) in [6, 6.07) is 0.763. The van der Waals surface area contributed by atoms with E-state index in [0.717, 1.165) is 18.5 Å². The summed E-state index contributed by atoms with van der Waals surface area (Å²) in [6.07, 6.45) is 7.00. The van der Waals surface area contributed by atoms with E-state index in [1.165, 1.54) is 55.7 Å². The van der Waals surface area contributed by atoms with Crippen LogP contribution in [0.5, 0.6) is 0 Å². The molecule has 2 unspecified atom stereocenters. The maximum Gasteiger partial charge on any atom is 0.131 e. The van der Waals surface area contributed by atoms with Crippen LogP contribution in [0.1, 0.15) is 43.4 Å². The van der Waals surface area contributed by atoms with E-state index in [1.54, 1.807) is 0 Å². The Kier molecular flexibility index (Phi) is 3.52. The predicted molar refractivity (Wildman–Crippen MR) is 78.4 cm³/mol. The lowest BCUT2D eigenvalue weighted by Crippen LogP contribution is -2.36. The molecule has 4 nitrogen and oxygen atoms in total. The first-order chi connectivity index (χ1) is 9.22. The van der Waals surface area contributed by atoms with Gasteiger partial charge in [-0.25, -0.2) is 0 Å². The van der Waals surface area contributed by atoms with Crippen molar-refractivity contribution in [3.05, 3.63) is 11.3 Å². The lowest BCUT2D eigenvalue weighted by molar-refractivity contribution is 0.340. The molecule has 1 aliphatic carbocycles. The van der Waals surface area contributed by atoms with E-state index in [4.69, 9.17) is 0 Å². The van der Waals surface area contributed by atoms with E-state index in [-0.39, 0.29) is 0 Å². The van der Waals surface area contributed by atoms with Gasteiger partial charge in [-0.05, 0) is 39.2 Å². The first-order valence-corrected chi connectivity index (χ1v) is 7.66. The molecule has 1 aromatic rings. The summed E-state index contributed by atoms with van der Waals surface area (Å²) in [6.45, 7) is 4.26. The van der Waals surface area contributed by atoms with Gasteiger partial charge >= 0.3 is 0 Å². The minimum absolute atomic E-state index is 0.763. The van der Waals surface area contributed by atoms with Crippen LogP contribution in [0.15, 0.2) is 0 Å². The van der Waals surface area contributed by atoms with Crippen LogP contribution in [0, 0.1) is 12.8 Å². The zero-order chi connectivity index (χ0) is 13.4. The normalized spacial score (nSPS) is 26.8. The number of fused-ring (bicyclic) bond motifs is 1. The number of hydrogen-bond acceptors (Lipinski definition) is 3. The highest BCUT2D eigenvalue weighted by Gasteiger charge is 2.38. The second-order valence-electron chi connectivity index (χ2n) is 6.14. The van der Waals surface area contributed by atoms with Gasteiger partial charge in [-0.1, -0.05) is 12.8 Å². The van der Waals surface area contributed by atoms with Crippen molar-refractivity contribution in [2.75, 3.05) is 18.5 Å². The summed E-state index contributed by atoms with van der Waals surface area (Å²) >= 11 is 0. The van der Waals surface area contributed by atoms with Crippen LogP contribution in [0.25, 0.3) is 0 Å². The lowest BCUT2D eigenvalue weighted by atomic mass is 9.85. The molecule has 4 heteroatoms. The van der Waals surface area contributed by atoms with Gasteiger partial charge in [0.25, 0.3) is 0 Å². The Morgan fingerprint density at radius 1 is 1.26 bits per heavy atom. The fourth-order valence-corrected chi connectivity index (χ4v) is 4.10. The highest BCUT2D eigenvalue weighted by Crippen LogP contribution is 2.40. The number of aryl methyl sites for hydroxylation is 2. The van der Waals surface area contributed by atoms with Crippen molar-refractivity contribution in [2.24, 2.45) is 13.0 Å². The molecule has 106 valence electrons. The van der Waals surface area contributed by atoms with Crippen molar-refractivity contribution in [1.82, 2.24) is 15.1 Å². The Labute approximate surface area is 116 Å². The van der Waals surface area contributed by atoms with Gasteiger partial charge in [0.15, 0.2) is 0 Å². The van der Waals surface area contributed by atoms with E-state index in [2.05, 4.69) is 34.0 Å². The van der Waals surface area contributed by atoms with E-state index in [9.17, 15) is 0 Å². The van der Waals surface area contributed by atoms with Crippen LogP contribution in [0.3, 0.4) is 0 Å². The summed E-state index contributed by atoms with van der Waals surface area (Å²) in [5, 5.41) is 7.94. The van der Waals surface area contributed by atoms with Crippen molar-refractivity contribution in [3.63, 3.8) is 0 Å². The van der Waals surface area contributed by atoms with Crippen molar-refractivity contribution in [1.29, 1.82) is 0 Å². The molecule has 2 atom stereocenters. The maximum absolute atomic E-state index is 4.65. The van der Waals surface area contributed by atoms with Crippen molar-refractivity contribution >= 4 is 5.82 Å². The van der Waals surface area contributed by atoms with E-state index in [0.29, 0.717) is 0 Å². The van der Waals surface area contributed by atoms with Crippen molar-refractivity contribution < 1.29 is 0 Å². The smallest absolute Gasteiger partial charge is 0.131 e. The molecule has 2 fully saturated rings. The zero-order valence-electron chi connectivity index (χ0n) is 12.4. The van der Waals surface area contributed by atoms with E-state index >= 15 is 0 Å². The second-order valence-corrected chi connectivity index (χ2v) is 6.14. The highest BCUT2D eigenvalue weighted by molar-refractivity contribution is 5.52. The second kappa shape index (κ2) is 5.16. The van der Waals surface area contributed by atoms with Crippen LogP contribution in [-0.2, 0) is 13.6 Å². The van der Waals surface area contributed by atoms with Crippen LogP contribution >= 0.6 is 0 Å². The summed E-state index contributed by atoms with van der Waals surface area (Å²) in [5.41, 5.74) is 2.56. The molecule has 1 N–H and O–H groups in total. The minimum atomic E-state index is 0.763. The SMILES string of the molecule is CNCc1c(C)nn(C)c1N1CCC2CCCCC21. The third-order valence-corrected chi connectivity index (χ3v) is 4.95. The van der Waals surface area contributed by atoms with Crippen LogP contribution < -0.4 is 10.2 Å². The van der Waals surface area contributed by atoms with Gasteiger partial charge in [0.2, 0.25) is 0 Å². The quantitative estimate of drug-likeness (QED) is 0.906. The summed E-state index contributed by atoms with van der Waals surface area (Å²) in [5.74, 6) is 2.28. The number of rotatable bonds is 3. The molecule has 0 spiro atoms. The third-order valence-electron chi connectivity index (χ3n) is 4.95. The highest BCUT2D eigenvalue weighted by atomic mass is 15.4. The Morgan fingerprint density at radius 2 is 2.05 bits per heavy atom. The molecule has 3 rings (SSSR count). The fraction of sp³-hybridized carbons (Fsp3) is 0.800. The van der Waals surface area contributed by atoms with Gasteiger partial charge < -0.3 is 10.2 Å². The average Bonchev–Trinajstić information content (AvgIpc) is 2.92. The Bertz CT molecular complexity index is 451. The molecule has 19 heavy (non-hydrogen) atoms.